The number of urea groups is 1. The van der Waals surface area contributed by atoms with Crippen LogP contribution in [0.2, 0.25) is 0 Å². The van der Waals surface area contributed by atoms with E-state index in [1.165, 1.54) is 24.2 Å². The maximum Gasteiger partial charge on any atom is 0.321 e. The number of nitrogens with one attached hydrogen (secondary N) is 3. The predicted octanol–water partition coefficient (Wildman–Crippen LogP) is 3.12. The van der Waals surface area contributed by atoms with E-state index in [1.54, 1.807) is 12.5 Å². The van der Waals surface area contributed by atoms with Gasteiger partial charge >= 0.3 is 6.03 Å². The van der Waals surface area contributed by atoms with Gasteiger partial charge in [-0.2, -0.15) is 0 Å². The van der Waals surface area contributed by atoms with E-state index in [9.17, 15) is 9.59 Å². The van der Waals surface area contributed by atoms with Crippen molar-refractivity contribution in [3.8, 4) is 5.75 Å². The monoisotopic (exact) mass is 402 g/mol. The molecule has 0 atom stereocenters. The van der Waals surface area contributed by atoms with Crippen molar-refractivity contribution in [1.82, 2.24) is 15.6 Å². The van der Waals surface area contributed by atoms with Gasteiger partial charge in [0.1, 0.15) is 5.75 Å². The minimum absolute atomic E-state index is 0.0826. The molecule has 0 saturated heterocycles. The number of rotatable bonds is 8. The number of ether oxygens (including phenoxy) is 1. The Morgan fingerprint density at radius 3 is 2.68 bits per heavy atom. The smallest absolute Gasteiger partial charge is 0.321 e. The summed E-state index contributed by atoms with van der Waals surface area (Å²) < 4.78 is 5.13. The molecule has 0 unspecified atom stereocenters. The van der Waals surface area contributed by atoms with Gasteiger partial charge in [0, 0.05) is 18.0 Å². The van der Waals surface area contributed by atoms with Crippen LogP contribution < -0.4 is 20.7 Å². The number of aromatic nitrogens is 1. The second-order valence-electron chi connectivity index (χ2n) is 6.85. The number of hydrogen-bond donors (Lipinski definition) is 3. The first kappa shape index (κ1) is 20.1. The van der Waals surface area contributed by atoms with Gasteiger partial charge in [0.15, 0.2) is 5.13 Å². The van der Waals surface area contributed by atoms with E-state index in [0.717, 1.165) is 30.6 Å². The predicted molar refractivity (Wildman–Crippen MR) is 110 cm³/mol. The second kappa shape index (κ2) is 10.1. The van der Waals surface area contributed by atoms with Crippen LogP contribution in [0.5, 0.6) is 5.75 Å². The first-order chi connectivity index (χ1) is 13.6. The number of carbonyl (C=O) groups excluding carboxylic acids is 2. The Morgan fingerprint density at radius 1 is 1.21 bits per heavy atom. The Labute approximate surface area is 168 Å². The molecular weight excluding hydrogens is 376 g/mol. The van der Waals surface area contributed by atoms with Crippen LogP contribution in [0.1, 0.15) is 36.9 Å². The van der Waals surface area contributed by atoms with Crippen molar-refractivity contribution >= 4 is 28.4 Å². The normalized spacial score (nSPS) is 13.9. The summed E-state index contributed by atoms with van der Waals surface area (Å²) in [5.41, 5.74) is 1.79. The van der Waals surface area contributed by atoms with E-state index in [2.05, 4.69) is 20.9 Å². The molecule has 1 aliphatic carbocycles. The highest BCUT2D eigenvalue weighted by atomic mass is 32.1. The molecule has 0 spiro atoms. The molecule has 7 nitrogen and oxygen atoms in total. The molecule has 1 heterocycles. The molecule has 3 amide bonds. The summed E-state index contributed by atoms with van der Waals surface area (Å²) in [6, 6.07) is 7.82. The number of methoxy groups -OCH3 is 1. The molecule has 0 bridgehead atoms. The van der Waals surface area contributed by atoms with Crippen LogP contribution in [0, 0.1) is 0 Å². The number of benzene rings is 1. The molecule has 150 valence electrons. The van der Waals surface area contributed by atoms with Crippen LogP contribution in [0.15, 0.2) is 29.6 Å². The Hall–Kier alpha value is -2.61. The van der Waals surface area contributed by atoms with Crippen molar-refractivity contribution in [1.29, 1.82) is 0 Å². The van der Waals surface area contributed by atoms with Gasteiger partial charge in [-0.3, -0.25) is 10.1 Å². The summed E-state index contributed by atoms with van der Waals surface area (Å²) in [5, 5.41) is 10.9. The molecule has 1 aromatic carbocycles. The van der Waals surface area contributed by atoms with Crippen LogP contribution in [0.3, 0.4) is 0 Å². The van der Waals surface area contributed by atoms with Gasteiger partial charge in [0.25, 0.3) is 0 Å². The van der Waals surface area contributed by atoms with E-state index in [-0.39, 0.29) is 24.4 Å². The Kier molecular flexibility index (Phi) is 7.25. The van der Waals surface area contributed by atoms with E-state index in [0.29, 0.717) is 17.4 Å². The lowest BCUT2D eigenvalue weighted by molar-refractivity contribution is -0.120. The fraction of sp³-hybridized carbons (Fsp3) is 0.450. The average Bonchev–Trinajstić information content (AvgIpc) is 3.34. The zero-order valence-electron chi connectivity index (χ0n) is 16.0. The largest absolute Gasteiger partial charge is 0.497 e. The molecule has 3 N–H and O–H groups in total. The minimum Gasteiger partial charge on any atom is -0.497 e. The number of amides is 3. The quantitative estimate of drug-likeness (QED) is 0.633. The molecule has 1 fully saturated rings. The summed E-state index contributed by atoms with van der Waals surface area (Å²) in [5.74, 6) is 0.735. The summed E-state index contributed by atoms with van der Waals surface area (Å²) >= 11 is 1.33. The molecule has 1 saturated carbocycles. The Balaban J connectivity index is 1.37. The van der Waals surface area contributed by atoms with Crippen molar-refractivity contribution in [3.63, 3.8) is 0 Å². The van der Waals surface area contributed by atoms with E-state index < -0.39 is 0 Å². The van der Waals surface area contributed by atoms with Crippen molar-refractivity contribution in [2.24, 2.45) is 0 Å². The fourth-order valence-electron chi connectivity index (χ4n) is 3.20. The number of anilines is 1. The van der Waals surface area contributed by atoms with Gasteiger partial charge < -0.3 is 15.4 Å². The number of thiazole rings is 1. The highest BCUT2D eigenvalue weighted by molar-refractivity contribution is 7.13. The molecule has 0 aliphatic heterocycles. The maximum atomic E-state index is 12.1. The summed E-state index contributed by atoms with van der Waals surface area (Å²) in [6.07, 6.45) is 5.35. The average molecular weight is 403 g/mol. The zero-order chi connectivity index (χ0) is 19.8. The van der Waals surface area contributed by atoms with Gasteiger partial charge in [0.05, 0.1) is 19.2 Å². The zero-order valence-corrected chi connectivity index (χ0v) is 16.8. The lowest BCUT2D eigenvalue weighted by atomic mass is 10.1. The van der Waals surface area contributed by atoms with Gasteiger partial charge in [-0.25, -0.2) is 9.78 Å². The van der Waals surface area contributed by atoms with Crippen LogP contribution >= 0.6 is 11.3 Å². The first-order valence-electron chi connectivity index (χ1n) is 9.54. The maximum absolute atomic E-state index is 12.1. The molecule has 0 radical (unpaired) electrons. The van der Waals surface area contributed by atoms with Gasteiger partial charge in [0.2, 0.25) is 5.91 Å². The second-order valence-corrected chi connectivity index (χ2v) is 7.71. The SMILES string of the molecule is COc1ccc(CCNC(=O)Cc2csc(NC(=O)NC3CCCC3)n2)cc1. The standard InChI is InChI=1S/C20H26N4O3S/c1-27-17-8-6-14(7-9-17)10-11-21-18(25)12-16-13-28-20(23-16)24-19(26)22-15-4-2-3-5-15/h6-9,13,15H,2-5,10-12H2,1H3,(H,21,25)(H2,22,23,24,26). The number of carbonyl (C=O) groups is 2. The number of nitrogens with zero attached hydrogens (tertiary/aromatic N) is 1. The molecule has 1 aromatic heterocycles. The summed E-state index contributed by atoms with van der Waals surface area (Å²) in [4.78, 5) is 28.4. The van der Waals surface area contributed by atoms with Gasteiger partial charge in [-0.05, 0) is 37.0 Å². The minimum atomic E-state index is -0.225. The topological polar surface area (TPSA) is 92.4 Å². The molecular formula is C20H26N4O3S. The van der Waals surface area contributed by atoms with Crippen molar-refractivity contribution in [3.05, 3.63) is 40.9 Å². The highest BCUT2D eigenvalue weighted by Gasteiger charge is 2.17. The Morgan fingerprint density at radius 2 is 1.96 bits per heavy atom. The molecule has 1 aliphatic rings. The van der Waals surface area contributed by atoms with E-state index in [4.69, 9.17) is 4.74 Å². The van der Waals surface area contributed by atoms with E-state index >= 15 is 0 Å². The van der Waals surface area contributed by atoms with Crippen LogP contribution in [-0.4, -0.2) is 36.6 Å². The van der Waals surface area contributed by atoms with Crippen LogP contribution in [0.4, 0.5) is 9.93 Å². The van der Waals surface area contributed by atoms with E-state index in [1.807, 2.05) is 24.3 Å². The summed E-state index contributed by atoms with van der Waals surface area (Å²) in [6.45, 7) is 0.560. The lowest BCUT2D eigenvalue weighted by Gasteiger charge is -2.11. The number of hydrogen-bond acceptors (Lipinski definition) is 5. The molecule has 2 aromatic rings. The third-order valence-corrected chi connectivity index (χ3v) is 5.51. The van der Waals surface area contributed by atoms with Crippen molar-refractivity contribution in [2.75, 3.05) is 19.0 Å². The first-order valence-corrected chi connectivity index (χ1v) is 10.4. The van der Waals surface area contributed by atoms with Gasteiger partial charge in [-0.1, -0.05) is 25.0 Å². The van der Waals surface area contributed by atoms with Crippen molar-refractivity contribution < 1.29 is 14.3 Å². The molecule has 8 heteroatoms. The highest BCUT2D eigenvalue weighted by Crippen LogP contribution is 2.19. The fourth-order valence-corrected chi connectivity index (χ4v) is 3.91. The van der Waals surface area contributed by atoms with Crippen LogP contribution in [-0.2, 0) is 17.6 Å². The Bertz CT molecular complexity index is 785. The lowest BCUT2D eigenvalue weighted by Crippen LogP contribution is -2.36. The third kappa shape index (κ3) is 6.23. The van der Waals surface area contributed by atoms with Crippen LogP contribution in [0.25, 0.3) is 0 Å². The molecule has 3 rings (SSSR count). The third-order valence-electron chi connectivity index (χ3n) is 4.70. The molecule has 28 heavy (non-hydrogen) atoms. The summed E-state index contributed by atoms with van der Waals surface area (Å²) in [7, 11) is 1.64. The van der Waals surface area contributed by atoms with Crippen molar-refractivity contribution in [2.45, 2.75) is 44.6 Å². The van der Waals surface area contributed by atoms with Gasteiger partial charge in [-0.15, -0.1) is 11.3 Å².